The Kier molecular flexibility index (Phi) is 4.99. The lowest BCUT2D eigenvalue weighted by Gasteiger charge is -2.27. The highest BCUT2D eigenvalue weighted by molar-refractivity contribution is 7.71. The van der Waals surface area contributed by atoms with Crippen molar-refractivity contribution in [3.63, 3.8) is 0 Å². The van der Waals surface area contributed by atoms with Crippen LogP contribution in [0.3, 0.4) is 0 Å². The van der Waals surface area contributed by atoms with Crippen LogP contribution in [-0.2, 0) is 25.9 Å². The van der Waals surface area contributed by atoms with Crippen molar-refractivity contribution in [1.82, 2.24) is 24.8 Å². The first kappa shape index (κ1) is 16.4. The SMILES string of the molecule is CCCCc1nc(Cl)c(CN2CCc3[nH]c(=S)[nH]c(=O)c3C2)[nH]1. The molecule has 6 nitrogen and oxygen atoms in total. The van der Waals surface area contributed by atoms with Gasteiger partial charge in [-0.25, -0.2) is 4.98 Å². The van der Waals surface area contributed by atoms with Gasteiger partial charge in [0.05, 0.1) is 11.3 Å². The normalized spacial score (nSPS) is 14.9. The Bertz CT molecular complexity index is 809. The lowest BCUT2D eigenvalue weighted by molar-refractivity contribution is 0.239. The number of imidazole rings is 1. The van der Waals surface area contributed by atoms with E-state index in [9.17, 15) is 4.79 Å². The van der Waals surface area contributed by atoms with Crippen LogP contribution in [0.4, 0.5) is 0 Å². The highest BCUT2D eigenvalue weighted by atomic mass is 35.5. The van der Waals surface area contributed by atoms with Crippen molar-refractivity contribution in [2.75, 3.05) is 6.54 Å². The average Bonchev–Trinajstić information content (AvgIpc) is 2.86. The van der Waals surface area contributed by atoms with Gasteiger partial charge in [0.1, 0.15) is 5.82 Å². The summed E-state index contributed by atoms with van der Waals surface area (Å²) in [6.07, 6.45) is 3.91. The van der Waals surface area contributed by atoms with Crippen LogP contribution >= 0.6 is 23.8 Å². The van der Waals surface area contributed by atoms with Gasteiger partial charge in [-0.15, -0.1) is 0 Å². The molecule has 0 saturated carbocycles. The van der Waals surface area contributed by atoms with Crippen molar-refractivity contribution < 1.29 is 0 Å². The minimum absolute atomic E-state index is 0.104. The van der Waals surface area contributed by atoms with Crippen LogP contribution in [0, 0.1) is 4.77 Å². The van der Waals surface area contributed by atoms with E-state index in [0.717, 1.165) is 55.0 Å². The standard InChI is InChI=1S/C15H20ClN5OS/c1-2-3-4-12-17-11(13(16)19-12)8-21-6-5-10-9(7-21)14(22)20-15(23)18-10/h2-8H2,1H3,(H,17,19)(H2,18,20,22,23). The molecule has 0 amide bonds. The third kappa shape index (κ3) is 3.73. The van der Waals surface area contributed by atoms with Crippen molar-refractivity contribution >= 4 is 23.8 Å². The molecule has 0 aliphatic carbocycles. The molecule has 8 heteroatoms. The third-order valence-electron chi connectivity index (χ3n) is 4.12. The molecule has 0 aromatic carbocycles. The van der Waals surface area contributed by atoms with E-state index in [0.29, 0.717) is 23.0 Å². The van der Waals surface area contributed by atoms with Crippen molar-refractivity contribution in [2.24, 2.45) is 0 Å². The maximum absolute atomic E-state index is 12.1. The first-order valence-corrected chi connectivity index (χ1v) is 8.65. The molecule has 0 saturated heterocycles. The van der Waals surface area contributed by atoms with Gasteiger partial charge in [-0.3, -0.25) is 14.7 Å². The molecule has 0 bridgehead atoms. The largest absolute Gasteiger partial charge is 0.344 e. The van der Waals surface area contributed by atoms with Gasteiger partial charge in [-0.2, -0.15) is 0 Å². The topological polar surface area (TPSA) is 80.6 Å². The number of halogens is 1. The summed E-state index contributed by atoms with van der Waals surface area (Å²) in [5, 5.41) is 0.531. The van der Waals surface area contributed by atoms with E-state index < -0.39 is 0 Å². The monoisotopic (exact) mass is 353 g/mol. The summed E-state index contributed by atoms with van der Waals surface area (Å²) < 4.78 is 0.388. The van der Waals surface area contributed by atoms with Crippen molar-refractivity contribution in [3.05, 3.63) is 43.1 Å². The molecule has 2 aromatic heterocycles. The molecule has 1 aliphatic rings. The van der Waals surface area contributed by atoms with E-state index in [1.165, 1.54) is 0 Å². The number of aromatic nitrogens is 4. The number of aromatic amines is 3. The van der Waals surface area contributed by atoms with Gasteiger partial charge in [0.15, 0.2) is 9.92 Å². The molecule has 1 aliphatic heterocycles. The van der Waals surface area contributed by atoms with E-state index in [1.807, 2.05) is 0 Å². The maximum atomic E-state index is 12.1. The molecule has 0 unspecified atom stereocenters. The lowest BCUT2D eigenvalue weighted by atomic mass is 10.1. The minimum Gasteiger partial charge on any atom is -0.344 e. The van der Waals surface area contributed by atoms with Crippen molar-refractivity contribution in [2.45, 2.75) is 45.7 Å². The number of unbranched alkanes of at least 4 members (excludes halogenated alkanes) is 1. The molecule has 3 rings (SSSR count). The first-order valence-electron chi connectivity index (χ1n) is 7.86. The quantitative estimate of drug-likeness (QED) is 0.722. The first-order chi connectivity index (χ1) is 11.1. The number of nitrogens with one attached hydrogen (secondary N) is 3. The van der Waals surface area contributed by atoms with Gasteiger partial charge >= 0.3 is 0 Å². The fraction of sp³-hybridized carbons (Fsp3) is 0.533. The van der Waals surface area contributed by atoms with Gasteiger partial charge in [-0.1, -0.05) is 24.9 Å². The van der Waals surface area contributed by atoms with Gasteiger partial charge in [0.2, 0.25) is 0 Å². The number of fused-ring (bicyclic) bond motifs is 1. The van der Waals surface area contributed by atoms with Gasteiger partial charge in [-0.05, 0) is 18.6 Å². The van der Waals surface area contributed by atoms with E-state index in [4.69, 9.17) is 23.8 Å². The summed E-state index contributed by atoms with van der Waals surface area (Å²) >= 11 is 11.3. The number of hydrogen-bond acceptors (Lipinski definition) is 4. The summed E-state index contributed by atoms with van der Waals surface area (Å²) in [6, 6.07) is 0. The Labute approximate surface area is 144 Å². The second-order valence-electron chi connectivity index (χ2n) is 5.88. The predicted molar refractivity (Wildman–Crippen MR) is 92.3 cm³/mol. The van der Waals surface area contributed by atoms with Crippen LogP contribution in [0.15, 0.2) is 4.79 Å². The predicted octanol–water partition coefficient (Wildman–Crippen LogP) is 2.71. The summed E-state index contributed by atoms with van der Waals surface area (Å²) in [5.41, 5.74) is 2.51. The van der Waals surface area contributed by atoms with Crippen molar-refractivity contribution in [1.29, 1.82) is 0 Å². The lowest BCUT2D eigenvalue weighted by Crippen LogP contribution is -2.35. The van der Waals surface area contributed by atoms with E-state index in [-0.39, 0.29) is 5.56 Å². The minimum atomic E-state index is -0.104. The zero-order valence-corrected chi connectivity index (χ0v) is 14.6. The Morgan fingerprint density at radius 1 is 1.35 bits per heavy atom. The number of nitrogens with zero attached hydrogens (tertiary/aromatic N) is 2. The van der Waals surface area contributed by atoms with Crippen LogP contribution < -0.4 is 5.56 Å². The highest BCUT2D eigenvalue weighted by Crippen LogP contribution is 2.20. The van der Waals surface area contributed by atoms with Crippen LogP contribution in [0.2, 0.25) is 5.15 Å². The molecular formula is C15H20ClN5OS. The molecule has 3 heterocycles. The van der Waals surface area contributed by atoms with E-state index in [2.05, 4.69) is 31.8 Å². The molecule has 3 N–H and O–H groups in total. The maximum Gasteiger partial charge on any atom is 0.256 e. The summed E-state index contributed by atoms with van der Waals surface area (Å²) in [5.74, 6) is 0.936. The molecule has 2 aromatic rings. The highest BCUT2D eigenvalue weighted by Gasteiger charge is 2.21. The number of hydrogen-bond donors (Lipinski definition) is 3. The molecule has 0 radical (unpaired) electrons. The Balaban J connectivity index is 1.74. The Morgan fingerprint density at radius 3 is 2.96 bits per heavy atom. The molecule has 124 valence electrons. The van der Waals surface area contributed by atoms with Gasteiger partial charge in [0, 0.05) is 38.2 Å². The van der Waals surface area contributed by atoms with Crippen LogP contribution in [-0.4, -0.2) is 31.4 Å². The smallest absolute Gasteiger partial charge is 0.256 e. The zero-order chi connectivity index (χ0) is 16.4. The molecular weight excluding hydrogens is 334 g/mol. The second-order valence-corrected chi connectivity index (χ2v) is 6.65. The van der Waals surface area contributed by atoms with Crippen LogP contribution in [0.1, 0.15) is 42.5 Å². The van der Waals surface area contributed by atoms with E-state index >= 15 is 0 Å². The fourth-order valence-electron chi connectivity index (χ4n) is 2.88. The molecule has 0 fully saturated rings. The Morgan fingerprint density at radius 2 is 2.17 bits per heavy atom. The average molecular weight is 354 g/mol. The number of rotatable bonds is 5. The van der Waals surface area contributed by atoms with Crippen LogP contribution in [0.5, 0.6) is 0 Å². The number of aryl methyl sites for hydroxylation is 1. The fourth-order valence-corrected chi connectivity index (χ4v) is 3.30. The second kappa shape index (κ2) is 6.98. The number of H-pyrrole nitrogens is 3. The summed E-state index contributed by atoms with van der Waals surface area (Å²) in [6.45, 7) is 4.24. The van der Waals surface area contributed by atoms with E-state index in [1.54, 1.807) is 0 Å². The third-order valence-corrected chi connectivity index (χ3v) is 4.63. The molecule has 0 spiro atoms. The molecule has 0 atom stereocenters. The summed E-state index contributed by atoms with van der Waals surface area (Å²) in [4.78, 5) is 27.7. The summed E-state index contributed by atoms with van der Waals surface area (Å²) in [7, 11) is 0. The van der Waals surface area contributed by atoms with Crippen molar-refractivity contribution in [3.8, 4) is 0 Å². The molecule has 23 heavy (non-hydrogen) atoms. The van der Waals surface area contributed by atoms with Crippen LogP contribution in [0.25, 0.3) is 0 Å². The zero-order valence-electron chi connectivity index (χ0n) is 13.0. The van der Waals surface area contributed by atoms with Gasteiger partial charge in [0.25, 0.3) is 5.56 Å². The Hall–Kier alpha value is -1.44. The van der Waals surface area contributed by atoms with Gasteiger partial charge < -0.3 is 9.97 Å².